The van der Waals surface area contributed by atoms with Gasteiger partial charge in [-0.25, -0.2) is 4.98 Å². The normalized spacial score (nSPS) is 10.9. The van der Waals surface area contributed by atoms with Crippen LogP contribution in [0.3, 0.4) is 0 Å². The zero-order valence-corrected chi connectivity index (χ0v) is 12.5. The van der Waals surface area contributed by atoms with Crippen LogP contribution in [-0.2, 0) is 6.42 Å². The predicted molar refractivity (Wildman–Crippen MR) is 85.6 cm³/mol. The van der Waals surface area contributed by atoms with Gasteiger partial charge in [0.15, 0.2) is 0 Å². The molecule has 0 aliphatic heterocycles. The number of rotatable bonds is 4. The average Bonchev–Trinajstić information content (AvgIpc) is 2.97. The van der Waals surface area contributed by atoms with Gasteiger partial charge >= 0.3 is 0 Å². The Labute approximate surface area is 122 Å². The Hall–Kier alpha value is -1.94. The first-order valence-corrected chi connectivity index (χ1v) is 7.58. The number of fused-ring (bicyclic) bond motifs is 1. The number of aromatic nitrogens is 2. The van der Waals surface area contributed by atoms with E-state index in [1.165, 1.54) is 16.1 Å². The first kappa shape index (κ1) is 13.1. The van der Waals surface area contributed by atoms with E-state index in [1.807, 2.05) is 24.6 Å². The first-order chi connectivity index (χ1) is 9.74. The number of nitrogens with zero attached hydrogens (tertiary/aromatic N) is 3. The van der Waals surface area contributed by atoms with Crippen LogP contribution in [0.1, 0.15) is 10.7 Å². The summed E-state index contributed by atoms with van der Waals surface area (Å²) in [5, 5.41) is 4.42. The van der Waals surface area contributed by atoms with Crippen molar-refractivity contribution >= 4 is 27.9 Å². The molecule has 0 aliphatic rings. The van der Waals surface area contributed by atoms with Gasteiger partial charge in [-0.3, -0.25) is 4.98 Å². The van der Waals surface area contributed by atoms with Crippen molar-refractivity contribution in [3.8, 4) is 0 Å². The molecule has 1 aromatic carbocycles. The Morgan fingerprint density at radius 2 is 2.10 bits per heavy atom. The van der Waals surface area contributed by atoms with Crippen LogP contribution in [0.25, 0.3) is 10.9 Å². The standard InChI is InChI=1S/C16H17N3S/c1-12-11-15(13-5-3-4-6-14(13)18-12)19(2)9-7-16-17-8-10-20-16/h3-6,8,10-11H,7,9H2,1-2H3. The molecule has 2 heterocycles. The lowest BCUT2D eigenvalue weighted by atomic mass is 10.1. The second-order valence-corrected chi connectivity index (χ2v) is 5.88. The second-order valence-electron chi connectivity index (χ2n) is 4.90. The molecule has 0 atom stereocenters. The van der Waals surface area contributed by atoms with E-state index in [1.54, 1.807) is 11.3 Å². The van der Waals surface area contributed by atoms with Gasteiger partial charge in [0.2, 0.25) is 0 Å². The van der Waals surface area contributed by atoms with Gasteiger partial charge in [0.05, 0.1) is 10.5 Å². The summed E-state index contributed by atoms with van der Waals surface area (Å²) in [6, 6.07) is 10.5. The first-order valence-electron chi connectivity index (χ1n) is 6.70. The fourth-order valence-corrected chi connectivity index (χ4v) is 2.97. The molecular formula is C16H17N3S. The maximum atomic E-state index is 4.59. The quantitative estimate of drug-likeness (QED) is 0.731. The van der Waals surface area contributed by atoms with E-state index in [2.05, 4.69) is 46.2 Å². The molecule has 4 heteroatoms. The fourth-order valence-electron chi connectivity index (χ4n) is 2.36. The molecule has 20 heavy (non-hydrogen) atoms. The lowest BCUT2D eigenvalue weighted by Crippen LogP contribution is -2.20. The number of hydrogen-bond donors (Lipinski definition) is 0. The van der Waals surface area contributed by atoms with Gasteiger partial charge in [0.1, 0.15) is 0 Å². The van der Waals surface area contributed by atoms with Gasteiger partial charge in [0.25, 0.3) is 0 Å². The SMILES string of the molecule is Cc1cc(N(C)CCc2nccs2)c2ccccc2n1. The highest BCUT2D eigenvalue weighted by atomic mass is 32.1. The number of benzene rings is 1. The maximum Gasteiger partial charge on any atom is 0.0942 e. The van der Waals surface area contributed by atoms with Crippen LogP contribution in [0, 0.1) is 6.92 Å². The molecule has 0 saturated heterocycles. The van der Waals surface area contributed by atoms with Crippen molar-refractivity contribution in [3.05, 3.63) is 52.6 Å². The van der Waals surface area contributed by atoms with Gasteiger partial charge < -0.3 is 4.90 Å². The smallest absolute Gasteiger partial charge is 0.0942 e. The molecule has 0 aliphatic carbocycles. The molecule has 2 aromatic heterocycles. The lowest BCUT2D eigenvalue weighted by molar-refractivity contribution is 0.871. The molecule has 0 bridgehead atoms. The van der Waals surface area contributed by atoms with E-state index in [0.717, 1.165) is 24.2 Å². The summed E-state index contributed by atoms with van der Waals surface area (Å²) in [7, 11) is 2.13. The number of pyridine rings is 1. The fraction of sp³-hybridized carbons (Fsp3) is 0.250. The molecule has 0 spiro atoms. The molecule has 0 radical (unpaired) electrons. The Morgan fingerprint density at radius 1 is 1.25 bits per heavy atom. The van der Waals surface area contributed by atoms with Gasteiger partial charge in [-0.1, -0.05) is 18.2 Å². The number of anilines is 1. The summed E-state index contributed by atoms with van der Waals surface area (Å²) in [5.41, 5.74) is 3.35. The minimum Gasteiger partial charge on any atom is -0.374 e. The molecule has 0 unspecified atom stereocenters. The summed E-state index contributed by atoms with van der Waals surface area (Å²) in [5.74, 6) is 0. The van der Waals surface area contributed by atoms with E-state index in [9.17, 15) is 0 Å². The van der Waals surface area contributed by atoms with E-state index in [-0.39, 0.29) is 0 Å². The van der Waals surface area contributed by atoms with Crippen molar-refractivity contribution < 1.29 is 0 Å². The van der Waals surface area contributed by atoms with Crippen molar-refractivity contribution in [2.45, 2.75) is 13.3 Å². The highest BCUT2D eigenvalue weighted by Crippen LogP contribution is 2.26. The van der Waals surface area contributed by atoms with Gasteiger partial charge in [-0.05, 0) is 19.1 Å². The zero-order chi connectivity index (χ0) is 13.9. The van der Waals surface area contributed by atoms with Crippen LogP contribution in [0.2, 0.25) is 0 Å². The molecule has 0 amide bonds. The van der Waals surface area contributed by atoms with E-state index >= 15 is 0 Å². The van der Waals surface area contributed by atoms with Crippen LogP contribution >= 0.6 is 11.3 Å². The largest absolute Gasteiger partial charge is 0.374 e. The summed E-state index contributed by atoms with van der Waals surface area (Å²) in [4.78, 5) is 11.2. The minimum atomic E-state index is 0.959. The number of aryl methyl sites for hydroxylation is 1. The maximum absolute atomic E-state index is 4.59. The monoisotopic (exact) mass is 283 g/mol. The van der Waals surface area contributed by atoms with Gasteiger partial charge in [-0.15, -0.1) is 11.3 Å². The molecular weight excluding hydrogens is 266 g/mol. The van der Waals surface area contributed by atoms with Crippen molar-refractivity contribution in [1.82, 2.24) is 9.97 Å². The Morgan fingerprint density at radius 3 is 2.90 bits per heavy atom. The third kappa shape index (κ3) is 2.65. The minimum absolute atomic E-state index is 0.959. The third-order valence-electron chi connectivity index (χ3n) is 3.38. The Bertz CT molecular complexity index is 707. The second kappa shape index (κ2) is 5.59. The van der Waals surface area contributed by atoms with Crippen molar-refractivity contribution in [2.24, 2.45) is 0 Å². The third-order valence-corrected chi connectivity index (χ3v) is 4.22. The van der Waals surface area contributed by atoms with Crippen LogP contribution in [0.15, 0.2) is 41.9 Å². The molecule has 0 N–H and O–H groups in total. The van der Waals surface area contributed by atoms with Crippen LogP contribution in [0.4, 0.5) is 5.69 Å². The van der Waals surface area contributed by atoms with Crippen molar-refractivity contribution in [3.63, 3.8) is 0 Å². The van der Waals surface area contributed by atoms with Crippen LogP contribution in [0.5, 0.6) is 0 Å². The van der Waals surface area contributed by atoms with Crippen LogP contribution < -0.4 is 4.90 Å². The average molecular weight is 283 g/mol. The van der Waals surface area contributed by atoms with Crippen molar-refractivity contribution in [1.29, 1.82) is 0 Å². The van der Waals surface area contributed by atoms with Gasteiger partial charge in [0, 0.05) is 48.4 Å². The highest BCUT2D eigenvalue weighted by molar-refractivity contribution is 7.09. The zero-order valence-electron chi connectivity index (χ0n) is 11.7. The molecule has 3 rings (SSSR count). The lowest BCUT2D eigenvalue weighted by Gasteiger charge is -2.21. The molecule has 0 saturated carbocycles. The van der Waals surface area contributed by atoms with Gasteiger partial charge in [-0.2, -0.15) is 0 Å². The molecule has 3 nitrogen and oxygen atoms in total. The summed E-state index contributed by atoms with van der Waals surface area (Å²) < 4.78 is 0. The predicted octanol–water partition coefficient (Wildman–Crippen LogP) is 3.68. The van der Waals surface area contributed by atoms with E-state index in [0.29, 0.717) is 0 Å². The number of thiazole rings is 1. The molecule has 0 fully saturated rings. The number of para-hydroxylation sites is 1. The topological polar surface area (TPSA) is 29.0 Å². The number of hydrogen-bond acceptors (Lipinski definition) is 4. The summed E-state index contributed by atoms with van der Waals surface area (Å²) in [6.45, 7) is 3.01. The summed E-state index contributed by atoms with van der Waals surface area (Å²) in [6.07, 6.45) is 2.84. The molecule has 3 aromatic rings. The molecule has 102 valence electrons. The Balaban J connectivity index is 1.88. The van der Waals surface area contributed by atoms with Crippen molar-refractivity contribution in [2.75, 3.05) is 18.5 Å². The van der Waals surface area contributed by atoms with E-state index in [4.69, 9.17) is 0 Å². The van der Waals surface area contributed by atoms with E-state index < -0.39 is 0 Å². The highest BCUT2D eigenvalue weighted by Gasteiger charge is 2.08. The Kier molecular flexibility index (Phi) is 3.65. The van der Waals surface area contributed by atoms with Crippen LogP contribution in [-0.4, -0.2) is 23.6 Å². The summed E-state index contributed by atoms with van der Waals surface area (Å²) >= 11 is 1.72. The number of likely N-dealkylation sites (N-methyl/N-ethyl adjacent to an activating group) is 1.